The summed E-state index contributed by atoms with van der Waals surface area (Å²) >= 11 is 6.94. The van der Waals surface area contributed by atoms with Crippen LogP contribution in [0.2, 0.25) is 4.34 Å². The van der Waals surface area contributed by atoms with Crippen molar-refractivity contribution in [1.82, 2.24) is 9.21 Å². The molecule has 4 rings (SSSR count). The fraction of sp³-hybridized carbons (Fsp3) is 0.643. The van der Waals surface area contributed by atoms with Crippen molar-refractivity contribution in [2.24, 2.45) is 5.92 Å². The topological polar surface area (TPSA) is 57.7 Å². The van der Waals surface area contributed by atoms with Crippen LogP contribution in [0, 0.1) is 5.92 Å². The molecule has 0 N–H and O–H groups in total. The van der Waals surface area contributed by atoms with Gasteiger partial charge in [0, 0.05) is 25.7 Å². The van der Waals surface area contributed by atoms with E-state index in [1.54, 1.807) is 12.1 Å². The van der Waals surface area contributed by atoms with Crippen molar-refractivity contribution in [3.8, 4) is 0 Å². The monoisotopic (exact) mass is 362 g/mol. The van der Waals surface area contributed by atoms with Gasteiger partial charge in [-0.05, 0) is 31.4 Å². The number of halogens is 1. The number of piperidine rings is 1. The summed E-state index contributed by atoms with van der Waals surface area (Å²) in [6.45, 7) is 3.42. The molecule has 4 heterocycles. The van der Waals surface area contributed by atoms with Gasteiger partial charge in [0.1, 0.15) is 4.21 Å². The Morgan fingerprint density at radius 2 is 2.09 bits per heavy atom. The molecular weight excluding hydrogens is 344 g/mol. The van der Waals surface area contributed by atoms with Crippen LogP contribution in [0.15, 0.2) is 16.3 Å². The Balaban J connectivity index is 1.89. The summed E-state index contributed by atoms with van der Waals surface area (Å²) in [6, 6.07) is 3.14. The number of sulfonamides is 1. The highest BCUT2D eigenvalue weighted by atomic mass is 35.5. The van der Waals surface area contributed by atoms with Crippen LogP contribution in [-0.2, 0) is 14.8 Å². The predicted octanol–water partition coefficient (Wildman–Crippen LogP) is 2.42. The van der Waals surface area contributed by atoms with Crippen molar-refractivity contribution in [2.75, 3.05) is 19.6 Å². The second kappa shape index (κ2) is 6.11. The smallest absolute Gasteiger partial charge is 0.252 e. The maximum absolute atomic E-state index is 12.8. The molecule has 1 aromatic rings. The van der Waals surface area contributed by atoms with Crippen LogP contribution in [0.25, 0.3) is 0 Å². The van der Waals surface area contributed by atoms with E-state index in [0.717, 1.165) is 30.6 Å². The van der Waals surface area contributed by atoms with Crippen LogP contribution in [0.1, 0.15) is 26.2 Å². The summed E-state index contributed by atoms with van der Waals surface area (Å²) in [6.07, 6.45) is 2.55. The normalized spacial score (nSPS) is 26.5. The van der Waals surface area contributed by atoms with Crippen molar-refractivity contribution < 1.29 is 13.2 Å². The second-order valence-corrected chi connectivity index (χ2v) is 9.72. The standard InChI is InChI=1S/C14H19ClN2O3S2/c1-2-7-17-11-4-3-10(14(17)18)8-16(9-11)22(19,20)13-6-5-12(15)21-13/h5-6,10-11H,2-4,7-9H2,1H3. The second-order valence-electron chi connectivity index (χ2n) is 5.84. The van der Waals surface area contributed by atoms with E-state index in [1.807, 2.05) is 11.8 Å². The molecule has 0 radical (unpaired) electrons. The predicted molar refractivity (Wildman–Crippen MR) is 86.6 cm³/mol. The zero-order chi connectivity index (χ0) is 15.9. The Morgan fingerprint density at radius 3 is 2.73 bits per heavy atom. The molecule has 0 spiro atoms. The molecule has 1 aromatic heterocycles. The number of carbonyl (C=O) groups is 1. The molecule has 2 unspecified atom stereocenters. The lowest BCUT2D eigenvalue weighted by Gasteiger charge is -2.35. The van der Waals surface area contributed by atoms with E-state index in [4.69, 9.17) is 11.6 Å². The van der Waals surface area contributed by atoms with E-state index in [1.165, 1.54) is 4.31 Å². The number of hydrogen-bond acceptors (Lipinski definition) is 4. The first-order valence-corrected chi connectivity index (χ1v) is 10.1. The lowest BCUT2D eigenvalue weighted by Crippen LogP contribution is -2.48. The van der Waals surface area contributed by atoms with Crippen molar-refractivity contribution in [1.29, 1.82) is 0 Å². The van der Waals surface area contributed by atoms with E-state index in [0.29, 0.717) is 17.4 Å². The minimum absolute atomic E-state index is 0.00332. The van der Waals surface area contributed by atoms with Gasteiger partial charge in [0.05, 0.1) is 10.3 Å². The third-order valence-electron chi connectivity index (χ3n) is 4.37. The molecule has 8 heteroatoms. The Hall–Kier alpha value is -0.630. The van der Waals surface area contributed by atoms with Gasteiger partial charge in [-0.2, -0.15) is 4.31 Å². The maximum Gasteiger partial charge on any atom is 0.252 e. The highest BCUT2D eigenvalue weighted by molar-refractivity contribution is 7.91. The van der Waals surface area contributed by atoms with Crippen molar-refractivity contribution in [2.45, 2.75) is 36.4 Å². The molecule has 3 fully saturated rings. The van der Waals surface area contributed by atoms with Crippen LogP contribution in [0.3, 0.4) is 0 Å². The lowest BCUT2D eigenvalue weighted by atomic mass is 9.94. The SMILES string of the molecule is CCCN1C(=O)C2CCC1CN(S(=O)(=O)c1ccc(Cl)s1)C2. The fourth-order valence-electron chi connectivity index (χ4n) is 3.30. The van der Waals surface area contributed by atoms with Gasteiger partial charge in [-0.3, -0.25) is 4.79 Å². The summed E-state index contributed by atoms with van der Waals surface area (Å²) < 4.78 is 27.8. The summed E-state index contributed by atoms with van der Waals surface area (Å²) in [7, 11) is -3.56. The van der Waals surface area contributed by atoms with Gasteiger partial charge in [0.2, 0.25) is 5.91 Å². The highest BCUT2D eigenvalue weighted by Crippen LogP contribution is 2.34. The van der Waals surface area contributed by atoms with E-state index >= 15 is 0 Å². The summed E-state index contributed by atoms with van der Waals surface area (Å²) in [5.41, 5.74) is 0. The number of fused-ring (bicyclic) bond motifs is 4. The molecule has 122 valence electrons. The first-order chi connectivity index (χ1) is 10.4. The van der Waals surface area contributed by atoms with E-state index < -0.39 is 10.0 Å². The van der Waals surface area contributed by atoms with E-state index in [-0.39, 0.29) is 28.6 Å². The molecule has 0 aromatic carbocycles. The van der Waals surface area contributed by atoms with Gasteiger partial charge in [0.25, 0.3) is 10.0 Å². The quantitative estimate of drug-likeness (QED) is 0.826. The number of amides is 1. The minimum Gasteiger partial charge on any atom is -0.338 e. The largest absolute Gasteiger partial charge is 0.338 e. The Kier molecular flexibility index (Phi) is 4.51. The minimum atomic E-state index is -3.56. The van der Waals surface area contributed by atoms with Gasteiger partial charge >= 0.3 is 0 Å². The van der Waals surface area contributed by atoms with Crippen LogP contribution >= 0.6 is 22.9 Å². The van der Waals surface area contributed by atoms with E-state index in [2.05, 4.69) is 0 Å². The fourth-order valence-corrected chi connectivity index (χ4v) is 6.46. The lowest BCUT2D eigenvalue weighted by molar-refractivity contribution is -0.139. The highest BCUT2D eigenvalue weighted by Gasteiger charge is 2.43. The summed E-state index contributed by atoms with van der Waals surface area (Å²) in [5.74, 6) is -0.101. The van der Waals surface area contributed by atoms with Crippen molar-refractivity contribution in [3.05, 3.63) is 16.5 Å². The van der Waals surface area contributed by atoms with Crippen LogP contribution in [-0.4, -0.2) is 49.2 Å². The molecule has 22 heavy (non-hydrogen) atoms. The first-order valence-electron chi connectivity index (χ1n) is 7.49. The third-order valence-corrected chi connectivity index (χ3v) is 7.90. The third kappa shape index (κ3) is 2.79. The van der Waals surface area contributed by atoms with Crippen LogP contribution < -0.4 is 0 Å². The molecule has 5 nitrogen and oxygen atoms in total. The van der Waals surface area contributed by atoms with Gasteiger partial charge in [0.15, 0.2) is 0 Å². The van der Waals surface area contributed by atoms with Gasteiger partial charge in [-0.1, -0.05) is 18.5 Å². The zero-order valence-corrected chi connectivity index (χ0v) is 14.8. The van der Waals surface area contributed by atoms with Crippen LogP contribution in [0.4, 0.5) is 0 Å². The number of nitrogens with zero attached hydrogens (tertiary/aromatic N) is 2. The van der Waals surface area contributed by atoms with Gasteiger partial charge < -0.3 is 4.90 Å². The molecule has 3 aliphatic heterocycles. The molecule has 0 aliphatic carbocycles. The zero-order valence-electron chi connectivity index (χ0n) is 12.4. The number of hydrogen-bond donors (Lipinski definition) is 0. The Morgan fingerprint density at radius 1 is 1.32 bits per heavy atom. The molecule has 1 amide bonds. The Bertz CT molecular complexity index is 673. The number of carbonyl (C=O) groups excluding carboxylic acids is 1. The van der Waals surface area contributed by atoms with E-state index in [9.17, 15) is 13.2 Å². The molecule has 3 saturated heterocycles. The maximum atomic E-state index is 12.8. The number of rotatable bonds is 4. The van der Waals surface area contributed by atoms with Gasteiger partial charge in [-0.25, -0.2) is 8.42 Å². The molecule has 3 aliphatic rings. The Labute approximate surface area is 139 Å². The van der Waals surface area contributed by atoms with Gasteiger partial charge in [-0.15, -0.1) is 11.3 Å². The first kappa shape index (κ1) is 16.2. The molecule has 2 atom stereocenters. The number of thiophene rings is 1. The average Bonchev–Trinajstić information content (AvgIpc) is 2.74. The molecule has 2 bridgehead atoms. The molecular formula is C14H19ClN2O3S2. The van der Waals surface area contributed by atoms with Crippen LogP contribution in [0.5, 0.6) is 0 Å². The van der Waals surface area contributed by atoms with Crippen molar-refractivity contribution >= 4 is 38.9 Å². The molecule has 0 saturated carbocycles. The average molecular weight is 363 g/mol. The summed E-state index contributed by atoms with van der Waals surface area (Å²) in [4.78, 5) is 14.4. The van der Waals surface area contributed by atoms with Crippen molar-refractivity contribution in [3.63, 3.8) is 0 Å². The summed E-state index contributed by atoms with van der Waals surface area (Å²) in [5, 5.41) is 0.